The molecule has 3 N–H and O–H groups in total. The molecule has 0 aromatic heterocycles. The lowest BCUT2D eigenvalue weighted by Crippen LogP contribution is -2.50. The van der Waals surface area contributed by atoms with Crippen LogP contribution in [0.15, 0.2) is 0 Å². The van der Waals surface area contributed by atoms with Gasteiger partial charge in [-0.25, -0.2) is 0 Å². The van der Waals surface area contributed by atoms with E-state index in [-0.39, 0.29) is 0 Å². The summed E-state index contributed by atoms with van der Waals surface area (Å²) in [5.74, 6) is 0. The summed E-state index contributed by atoms with van der Waals surface area (Å²) in [6.07, 6.45) is 7.98. The van der Waals surface area contributed by atoms with Crippen molar-refractivity contribution < 1.29 is 5.11 Å². The normalized spacial score (nSPS) is 32.8. The molecule has 0 radical (unpaired) electrons. The van der Waals surface area contributed by atoms with Crippen molar-refractivity contribution >= 4 is 0 Å². The molecule has 1 aliphatic carbocycles. The van der Waals surface area contributed by atoms with Crippen molar-refractivity contribution in [3.8, 4) is 0 Å². The van der Waals surface area contributed by atoms with E-state index in [0.29, 0.717) is 6.04 Å². The molecule has 2 aliphatic rings. The van der Waals surface area contributed by atoms with Crippen molar-refractivity contribution in [2.24, 2.45) is 5.73 Å². The average molecular weight is 212 g/mol. The van der Waals surface area contributed by atoms with Crippen molar-refractivity contribution in [1.29, 1.82) is 0 Å². The second-order valence-corrected chi connectivity index (χ2v) is 5.42. The van der Waals surface area contributed by atoms with E-state index in [1.165, 1.54) is 25.7 Å². The Hall–Kier alpha value is -0.120. The van der Waals surface area contributed by atoms with E-state index in [9.17, 15) is 5.11 Å². The molecule has 15 heavy (non-hydrogen) atoms. The maximum atomic E-state index is 10.4. The molecule has 3 nitrogen and oxygen atoms in total. The van der Waals surface area contributed by atoms with Gasteiger partial charge in [0.05, 0.1) is 5.60 Å². The molecule has 1 atom stereocenters. The number of aliphatic hydroxyl groups is 1. The van der Waals surface area contributed by atoms with Gasteiger partial charge in [0.1, 0.15) is 0 Å². The van der Waals surface area contributed by atoms with Gasteiger partial charge < -0.3 is 10.8 Å². The van der Waals surface area contributed by atoms with Crippen molar-refractivity contribution in [1.82, 2.24) is 4.90 Å². The molecule has 0 spiro atoms. The van der Waals surface area contributed by atoms with Gasteiger partial charge in [-0.2, -0.15) is 0 Å². The molecular weight excluding hydrogens is 188 g/mol. The quantitative estimate of drug-likeness (QED) is 0.721. The monoisotopic (exact) mass is 212 g/mol. The molecule has 1 saturated heterocycles. The molecular formula is C12H24N2O. The second-order valence-electron chi connectivity index (χ2n) is 5.42. The summed E-state index contributed by atoms with van der Waals surface area (Å²) in [5, 5.41) is 10.4. The van der Waals surface area contributed by atoms with E-state index in [0.717, 1.165) is 38.9 Å². The second kappa shape index (κ2) is 4.81. The summed E-state index contributed by atoms with van der Waals surface area (Å²) in [4.78, 5) is 2.36. The third kappa shape index (κ3) is 3.16. The van der Waals surface area contributed by atoms with Crippen molar-refractivity contribution in [2.75, 3.05) is 19.6 Å². The van der Waals surface area contributed by atoms with Crippen molar-refractivity contribution in [2.45, 2.75) is 56.6 Å². The van der Waals surface area contributed by atoms with E-state index < -0.39 is 5.60 Å². The predicted molar refractivity (Wildman–Crippen MR) is 61.7 cm³/mol. The number of hydrogen-bond donors (Lipinski definition) is 2. The number of nitrogens with two attached hydrogens (primary N) is 1. The van der Waals surface area contributed by atoms with Crippen LogP contribution in [0, 0.1) is 0 Å². The van der Waals surface area contributed by atoms with Gasteiger partial charge in [0, 0.05) is 19.1 Å². The summed E-state index contributed by atoms with van der Waals surface area (Å²) in [7, 11) is 0. The maximum absolute atomic E-state index is 10.4. The maximum Gasteiger partial charge on any atom is 0.0774 e. The Kier molecular flexibility index (Phi) is 3.65. The third-order valence-electron chi connectivity index (χ3n) is 3.84. The number of rotatable bonds is 2. The summed E-state index contributed by atoms with van der Waals surface area (Å²) in [6, 6.07) is 0.325. The van der Waals surface area contributed by atoms with Gasteiger partial charge >= 0.3 is 0 Å². The van der Waals surface area contributed by atoms with E-state index in [4.69, 9.17) is 5.73 Å². The van der Waals surface area contributed by atoms with Crippen molar-refractivity contribution in [3.63, 3.8) is 0 Å². The molecule has 0 bridgehead atoms. The smallest absolute Gasteiger partial charge is 0.0774 e. The Balaban J connectivity index is 1.83. The molecule has 0 amide bonds. The van der Waals surface area contributed by atoms with Crippen LogP contribution in [0.3, 0.4) is 0 Å². The number of piperidine rings is 1. The number of β-amino-alcohol motifs (C(OH)–C–C–N with tert-alkyl or cyclic N) is 1. The van der Waals surface area contributed by atoms with Gasteiger partial charge in [-0.05, 0) is 32.2 Å². The first-order valence-electron chi connectivity index (χ1n) is 6.38. The highest BCUT2D eigenvalue weighted by Gasteiger charge is 2.32. The minimum atomic E-state index is -0.407. The average Bonchev–Trinajstić information content (AvgIpc) is 2.18. The van der Waals surface area contributed by atoms with Gasteiger partial charge in [-0.15, -0.1) is 0 Å². The van der Waals surface area contributed by atoms with Gasteiger partial charge in [-0.1, -0.05) is 19.3 Å². The molecule has 2 rings (SSSR count). The zero-order chi connectivity index (χ0) is 10.7. The molecule has 3 heteroatoms. The van der Waals surface area contributed by atoms with Gasteiger partial charge in [0.25, 0.3) is 0 Å². The molecule has 88 valence electrons. The highest BCUT2D eigenvalue weighted by atomic mass is 16.3. The van der Waals surface area contributed by atoms with Crippen LogP contribution in [0.1, 0.15) is 44.9 Å². The van der Waals surface area contributed by atoms with Crippen LogP contribution in [0.2, 0.25) is 0 Å². The largest absolute Gasteiger partial charge is 0.389 e. The minimum absolute atomic E-state index is 0.325. The van der Waals surface area contributed by atoms with Crippen molar-refractivity contribution in [3.05, 3.63) is 0 Å². The Morgan fingerprint density at radius 3 is 2.60 bits per heavy atom. The van der Waals surface area contributed by atoms with Crippen LogP contribution in [-0.4, -0.2) is 41.3 Å². The standard InChI is InChI=1S/C12H24N2O/c13-11-5-4-8-14(9-11)10-12(15)6-2-1-3-7-12/h11,15H,1-10,13H2/t11-/m1/s1. The van der Waals surface area contributed by atoms with E-state index in [1.54, 1.807) is 0 Å². The fourth-order valence-corrected chi connectivity index (χ4v) is 3.02. The Bertz CT molecular complexity index is 202. The summed E-state index contributed by atoms with van der Waals surface area (Å²) in [5.41, 5.74) is 5.54. The Morgan fingerprint density at radius 1 is 1.20 bits per heavy atom. The zero-order valence-electron chi connectivity index (χ0n) is 9.62. The first-order valence-corrected chi connectivity index (χ1v) is 6.38. The SMILES string of the molecule is N[C@@H]1CCCN(CC2(O)CCCCC2)C1. The molecule has 2 fully saturated rings. The topological polar surface area (TPSA) is 49.5 Å². The number of nitrogens with zero attached hydrogens (tertiary/aromatic N) is 1. The zero-order valence-corrected chi connectivity index (χ0v) is 9.62. The molecule has 1 heterocycles. The Labute approximate surface area is 92.6 Å². The van der Waals surface area contributed by atoms with E-state index in [1.807, 2.05) is 0 Å². The number of hydrogen-bond acceptors (Lipinski definition) is 3. The van der Waals surface area contributed by atoms with Crippen LogP contribution < -0.4 is 5.73 Å². The Morgan fingerprint density at radius 2 is 1.93 bits per heavy atom. The molecule has 1 saturated carbocycles. The fourth-order valence-electron chi connectivity index (χ4n) is 3.02. The lowest BCUT2D eigenvalue weighted by Gasteiger charge is -2.39. The molecule has 0 aromatic carbocycles. The van der Waals surface area contributed by atoms with Gasteiger partial charge in [-0.3, -0.25) is 4.90 Å². The van der Waals surface area contributed by atoms with Crippen LogP contribution in [0.5, 0.6) is 0 Å². The van der Waals surface area contributed by atoms with Crippen LogP contribution >= 0.6 is 0 Å². The summed E-state index contributed by atoms with van der Waals surface area (Å²) in [6.45, 7) is 2.94. The van der Waals surface area contributed by atoms with E-state index >= 15 is 0 Å². The summed E-state index contributed by atoms with van der Waals surface area (Å²) < 4.78 is 0. The highest BCUT2D eigenvalue weighted by molar-refractivity contribution is 4.87. The number of likely N-dealkylation sites (tertiary alicyclic amines) is 1. The van der Waals surface area contributed by atoms with Crippen LogP contribution in [0.25, 0.3) is 0 Å². The highest BCUT2D eigenvalue weighted by Crippen LogP contribution is 2.29. The van der Waals surface area contributed by atoms with Gasteiger partial charge in [0.2, 0.25) is 0 Å². The lowest BCUT2D eigenvalue weighted by molar-refractivity contribution is -0.0310. The van der Waals surface area contributed by atoms with Gasteiger partial charge in [0.15, 0.2) is 0 Å². The first kappa shape index (κ1) is 11.4. The molecule has 0 aromatic rings. The first-order chi connectivity index (χ1) is 7.18. The fraction of sp³-hybridized carbons (Fsp3) is 1.00. The predicted octanol–water partition coefficient (Wildman–Crippen LogP) is 1.10. The molecule has 1 aliphatic heterocycles. The third-order valence-corrected chi connectivity index (χ3v) is 3.84. The van der Waals surface area contributed by atoms with E-state index in [2.05, 4.69) is 4.90 Å². The lowest BCUT2D eigenvalue weighted by atomic mass is 9.84. The summed E-state index contributed by atoms with van der Waals surface area (Å²) >= 11 is 0. The van der Waals surface area contributed by atoms with Crippen LogP contribution in [-0.2, 0) is 0 Å². The minimum Gasteiger partial charge on any atom is -0.389 e. The van der Waals surface area contributed by atoms with Crippen LogP contribution in [0.4, 0.5) is 0 Å². The molecule has 0 unspecified atom stereocenters.